The van der Waals surface area contributed by atoms with Gasteiger partial charge in [0.05, 0.1) is 11.8 Å². The van der Waals surface area contributed by atoms with E-state index < -0.39 is 31.1 Å². The molecule has 0 aliphatic heterocycles. The average Bonchev–Trinajstić information content (AvgIpc) is 2.71. The fourth-order valence-electron chi connectivity index (χ4n) is 1.50. The number of alkyl halides is 3. The van der Waals surface area contributed by atoms with Gasteiger partial charge in [-0.15, -0.1) is 0 Å². The minimum absolute atomic E-state index is 0.0146. The fraction of sp³-hybridized carbons (Fsp3) is 0.500. The van der Waals surface area contributed by atoms with Crippen LogP contribution >= 0.6 is 0 Å². The molecule has 0 unspecified atom stereocenters. The zero-order valence-electron chi connectivity index (χ0n) is 11.3. The second kappa shape index (κ2) is 5.98. The van der Waals surface area contributed by atoms with E-state index in [1.165, 1.54) is 33.3 Å². The van der Waals surface area contributed by atoms with Gasteiger partial charge in [0.25, 0.3) is 5.91 Å². The summed E-state index contributed by atoms with van der Waals surface area (Å²) >= 11 is 0. The molecule has 20 heavy (non-hydrogen) atoms. The highest BCUT2D eigenvalue weighted by Crippen LogP contribution is 2.19. The van der Waals surface area contributed by atoms with Crippen LogP contribution in [0.1, 0.15) is 16.1 Å². The number of carbonyl (C=O) groups excluding carboxylic acids is 2. The molecule has 0 aliphatic rings. The molecule has 2 amide bonds. The van der Waals surface area contributed by atoms with E-state index in [1.807, 2.05) is 0 Å². The Labute approximate surface area is 113 Å². The van der Waals surface area contributed by atoms with Crippen LogP contribution < -0.4 is 0 Å². The molecule has 8 heteroatoms. The molecular formula is C12H15F3N2O3. The molecule has 1 aromatic heterocycles. The van der Waals surface area contributed by atoms with Crippen LogP contribution in [0.5, 0.6) is 0 Å². The normalized spacial score (nSPS) is 11.3. The second-order valence-electron chi connectivity index (χ2n) is 4.46. The second-order valence-corrected chi connectivity index (χ2v) is 4.46. The molecule has 1 rings (SSSR count). The number of furan rings is 1. The number of aryl methyl sites for hydroxylation is 1. The van der Waals surface area contributed by atoms with Crippen molar-refractivity contribution in [3.8, 4) is 0 Å². The molecule has 0 atom stereocenters. The first-order chi connectivity index (χ1) is 9.11. The van der Waals surface area contributed by atoms with Gasteiger partial charge in [-0.2, -0.15) is 13.2 Å². The summed E-state index contributed by atoms with van der Waals surface area (Å²) in [6.07, 6.45) is -3.37. The smallest absolute Gasteiger partial charge is 0.406 e. The maximum absolute atomic E-state index is 12.5. The summed E-state index contributed by atoms with van der Waals surface area (Å²) < 4.78 is 42.4. The highest BCUT2D eigenvalue weighted by molar-refractivity contribution is 5.97. The fourth-order valence-corrected chi connectivity index (χ4v) is 1.50. The molecule has 1 heterocycles. The lowest BCUT2D eigenvalue weighted by molar-refractivity contribution is -0.146. The third kappa shape index (κ3) is 4.29. The maximum atomic E-state index is 12.5. The van der Waals surface area contributed by atoms with E-state index in [0.29, 0.717) is 4.90 Å². The van der Waals surface area contributed by atoms with Crippen molar-refractivity contribution >= 4 is 11.8 Å². The first kappa shape index (κ1) is 16.1. The maximum Gasteiger partial charge on any atom is 0.406 e. The Kier molecular flexibility index (Phi) is 4.80. The number of rotatable bonds is 4. The summed E-state index contributed by atoms with van der Waals surface area (Å²) in [5.74, 6) is -1.27. The number of nitrogens with zero attached hydrogens (tertiary/aromatic N) is 2. The van der Waals surface area contributed by atoms with Gasteiger partial charge in [-0.05, 0) is 13.0 Å². The minimum Gasteiger partial charge on any atom is -0.469 e. The summed E-state index contributed by atoms with van der Waals surface area (Å²) in [6, 6.07) is 1.28. The summed E-state index contributed by atoms with van der Waals surface area (Å²) in [6.45, 7) is -0.668. The largest absolute Gasteiger partial charge is 0.469 e. The van der Waals surface area contributed by atoms with E-state index in [-0.39, 0.29) is 11.3 Å². The number of likely N-dealkylation sites (N-methyl/N-ethyl adjacent to an activating group) is 1. The predicted molar refractivity (Wildman–Crippen MR) is 64.1 cm³/mol. The molecule has 0 spiro atoms. The molecule has 0 bridgehead atoms. The van der Waals surface area contributed by atoms with Gasteiger partial charge >= 0.3 is 6.18 Å². The Morgan fingerprint density at radius 3 is 2.30 bits per heavy atom. The third-order valence-electron chi connectivity index (χ3n) is 2.57. The van der Waals surface area contributed by atoms with Crippen molar-refractivity contribution in [2.24, 2.45) is 0 Å². The van der Waals surface area contributed by atoms with Gasteiger partial charge in [0.15, 0.2) is 0 Å². The molecule has 5 nitrogen and oxygen atoms in total. The van der Waals surface area contributed by atoms with E-state index in [1.54, 1.807) is 0 Å². The van der Waals surface area contributed by atoms with Crippen LogP contribution in [0.3, 0.4) is 0 Å². The molecule has 0 aliphatic carbocycles. The molecule has 0 N–H and O–H groups in total. The lowest BCUT2D eigenvalue weighted by atomic mass is 10.2. The first-order valence-electron chi connectivity index (χ1n) is 5.72. The molecule has 0 aromatic carbocycles. The van der Waals surface area contributed by atoms with Crippen LogP contribution in [-0.4, -0.2) is 55.0 Å². The van der Waals surface area contributed by atoms with Crippen molar-refractivity contribution in [2.75, 3.05) is 27.2 Å². The molecule has 0 radical (unpaired) electrons. The van der Waals surface area contributed by atoms with Crippen LogP contribution in [0.15, 0.2) is 16.7 Å². The van der Waals surface area contributed by atoms with E-state index in [4.69, 9.17) is 4.42 Å². The van der Waals surface area contributed by atoms with Gasteiger partial charge < -0.3 is 14.2 Å². The van der Waals surface area contributed by atoms with E-state index in [2.05, 4.69) is 0 Å². The quantitative estimate of drug-likeness (QED) is 0.848. The molecule has 0 saturated carbocycles. The monoisotopic (exact) mass is 292 g/mol. The van der Waals surface area contributed by atoms with E-state index in [0.717, 1.165) is 4.90 Å². The average molecular weight is 292 g/mol. The van der Waals surface area contributed by atoms with Crippen molar-refractivity contribution in [1.29, 1.82) is 0 Å². The number of hydrogen-bond donors (Lipinski definition) is 0. The van der Waals surface area contributed by atoms with Crippen molar-refractivity contribution in [2.45, 2.75) is 13.1 Å². The molecule has 112 valence electrons. The Bertz CT molecular complexity index is 494. The first-order valence-corrected chi connectivity index (χ1v) is 5.72. The third-order valence-corrected chi connectivity index (χ3v) is 2.57. The summed E-state index contributed by atoms with van der Waals surface area (Å²) in [7, 11) is 2.81. The van der Waals surface area contributed by atoms with Gasteiger partial charge in [0.2, 0.25) is 5.91 Å². The van der Waals surface area contributed by atoms with E-state index in [9.17, 15) is 22.8 Å². The zero-order chi connectivity index (χ0) is 15.5. The standard InChI is InChI=1S/C12H15F3N2O3/c1-8-9(4-5-20-8)11(19)17(7-12(13,14)15)6-10(18)16(2)3/h4-5H,6-7H2,1-3H3. The number of hydrogen-bond acceptors (Lipinski definition) is 3. The van der Waals surface area contributed by atoms with Crippen LogP contribution in [0, 0.1) is 6.92 Å². The summed E-state index contributed by atoms with van der Waals surface area (Å²) in [4.78, 5) is 25.2. The van der Waals surface area contributed by atoms with Gasteiger partial charge in [0.1, 0.15) is 18.8 Å². The molecule has 1 aromatic rings. The van der Waals surface area contributed by atoms with Gasteiger partial charge in [-0.25, -0.2) is 0 Å². The van der Waals surface area contributed by atoms with Gasteiger partial charge in [0, 0.05) is 14.1 Å². The number of halogens is 3. The van der Waals surface area contributed by atoms with Crippen molar-refractivity contribution in [3.05, 3.63) is 23.7 Å². The molecule has 0 fully saturated rings. The lowest BCUT2D eigenvalue weighted by Crippen LogP contribution is -2.44. The van der Waals surface area contributed by atoms with Crippen LogP contribution in [0.2, 0.25) is 0 Å². The molecule has 0 saturated heterocycles. The number of carbonyl (C=O) groups is 2. The highest BCUT2D eigenvalue weighted by atomic mass is 19.4. The summed E-state index contributed by atoms with van der Waals surface area (Å²) in [5, 5.41) is 0. The Morgan fingerprint density at radius 2 is 1.90 bits per heavy atom. The van der Waals surface area contributed by atoms with Crippen LogP contribution in [0.25, 0.3) is 0 Å². The Morgan fingerprint density at radius 1 is 1.30 bits per heavy atom. The number of amides is 2. The van der Waals surface area contributed by atoms with Crippen molar-refractivity contribution in [3.63, 3.8) is 0 Å². The van der Waals surface area contributed by atoms with Gasteiger partial charge in [-0.3, -0.25) is 9.59 Å². The molecular weight excluding hydrogens is 277 g/mol. The van der Waals surface area contributed by atoms with E-state index >= 15 is 0 Å². The zero-order valence-corrected chi connectivity index (χ0v) is 11.3. The van der Waals surface area contributed by atoms with Crippen molar-refractivity contribution < 1.29 is 27.2 Å². The van der Waals surface area contributed by atoms with Crippen molar-refractivity contribution in [1.82, 2.24) is 9.80 Å². The highest BCUT2D eigenvalue weighted by Gasteiger charge is 2.35. The predicted octanol–water partition coefficient (Wildman–Crippen LogP) is 1.68. The Balaban J connectivity index is 2.95. The SMILES string of the molecule is Cc1occc1C(=O)N(CC(=O)N(C)C)CC(F)(F)F. The summed E-state index contributed by atoms with van der Waals surface area (Å²) in [5.41, 5.74) is 0.0146. The minimum atomic E-state index is -4.58. The topological polar surface area (TPSA) is 53.8 Å². The van der Waals surface area contributed by atoms with Crippen LogP contribution in [-0.2, 0) is 4.79 Å². The van der Waals surface area contributed by atoms with Gasteiger partial charge in [-0.1, -0.05) is 0 Å². The Hall–Kier alpha value is -1.99. The lowest BCUT2D eigenvalue weighted by Gasteiger charge is -2.24. The van der Waals surface area contributed by atoms with Crippen LogP contribution in [0.4, 0.5) is 13.2 Å².